The average Bonchev–Trinajstić information content (AvgIpc) is 3.30. The molecule has 1 heterocycles. The molecule has 2 N–H and O–H groups in total. The van der Waals surface area contributed by atoms with Crippen molar-refractivity contribution in [3.05, 3.63) is 77.9 Å². The number of halogens is 1. The maximum atomic E-state index is 5.39. The molecule has 0 atom stereocenters. The lowest BCUT2D eigenvalue weighted by Crippen LogP contribution is -2.38. The summed E-state index contributed by atoms with van der Waals surface area (Å²) in [5.41, 5.74) is 3.58. The summed E-state index contributed by atoms with van der Waals surface area (Å²) in [5, 5.41) is 6.72. The third-order valence-corrected chi connectivity index (χ3v) is 4.83. The van der Waals surface area contributed by atoms with Crippen molar-refractivity contribution in [2.45, 2.75) is 26.4 Å². The fourth-order valence-electron chi connectivity index (χ4n) is 3.29. The van der Waals surface area contributed by atoms with Gasteiger partial charge in [0.25, 0.3) is 0 Å². The van der Waals surface area contributed by atoms with Crippen LogP contribution in [0.1, 0.15) is 23.6 Å². The minimum absolute atomic E-state index is 0. The fourth-order valence-corrected chi connectivity index (χ4v) is 3.29. The number of guanidine groups is 1. The number of aromatic nitrogens is 2. The predicted octanol–water partition coefficient (Wildman–Crippen LogP) is 3.86. The summed E-state index contributed by atoms with van der Waals surface area (Å²) in [6.07, 6.45) is 6.45. The van der Waals surface area contributed by atoms with Crippen LogP contribution in [0.4, 0.5) is 0 Å². The number of nitrogens with zero attached hydrogens (tertiary/aromatic N) is 3. The van der Waals surface area contributed by atoms with Crippen LogP contribution in [-0.4, -0.2) is 42.8 Å². The van der Waals surface area contributed by atoms with E-state index in [9.17, 15) is 0 Å². The lowest BCUT2D eigenvalue weighted by Gasteiger charge is -2.13. The Balaban J connectivity index is 0.00000363. The first-order chi connectivity index (χ1) is 15.2. The molecule has 0 radical (unpaired) electrons. The van der Waals surface area contributed by atoms with Gasteiger partial charge in [0, 0.05) is 32.0 Å². The van der Waals surface area contributed by atoms with E-state index in [1.165, 1.54) is 16.7 Å². The highest BCUT2D eigenvalue weighted by molar-refractivity contribution is 14.0. The van der Waals surface area contributed by atoms with Crippen LogP contribution in [0.25, 0.3) is 0 Å². The van der Waals surface area contributed by atoms with Gasteiger partial charge in [0.1, 0.15) is 0 Å². The Labute approximate surface area is 207 Å². The van der Waals surface area contributed by atoms with E-state index in [-0.39, 0.29) is 24.0 Å². The van der Waals surface area contributed by atoms with Crippen LogP contribution in [-0.2, 0) is 19.5 Å². The normalized spacial score (nSPS) is 10.9. The number of methoxy groups -OCH3 is 2. The van der Waals surface area contributed by atoms with Gasteiger partial charge in [-0.25, -0.2) is 9.98 Å². The van der Waals surface area contributed by atoms with Gasteiger partial charge in [-0.05, 0) is 42.2 Å². The predicted molar refractivity (Wildman–Crippen MR) is 139 cm³/mol. The summed E-state index contributed by atoms with van der Waals surface area (Å²) in [4.78, 5) is 8.85. The molecule has 0 fully saturated rings. The number of hydrogen-bond acceptors (Lipinski definition) is 4. The molecule has 2 aromatic carbocycles. The molecule has 7 nitrogen and oxygen atoms in total. The van der Waals surface area contributed by atoms with Crippen LogP contribution in [0.2, 0.25) is 0 Å². The molecule has 0 aliphatic carbocycles. The maximum absolute atomic E-state index is 5.39. The highest BCUT2D eigenvalue weighted by Gasteiger charge is 2.05. The Morgan fingerprint density at radius 2 is 1.81 bits per heavy atom. The molecule has 3 rings (SSSR count). The Kier molecular flexibility index (Phi) is 10.9. The Hall–Kier alpha value is -2.75. The van der Waals surface area contributed by atoms with Gasteiger partial charge in [-0.1, -0.05) is 30.3 Å². The molecular weight excluding hydrogens is 517 g/mol. The number of ether oxygens (including phenoxy) is 2. The number of hydrogen-bond donors (Lipinski definition) is 2. The molecule has 8 heteroatoms. The summed E-state index contributed by atoms with van der Waals surface area (Å²) >= 11 is 0. The number of rotatable bonds is 10. The second kappa shape index (κ2) is 13.6. The summed E-state index contributed by atoms with van der Waals surface area (Å²) < 4.78 is 12.7. The van der Waals surface area contributed by atoms with Crippen molar-refractivity contribution in [1.82, 2.24) is 20.2 Å². The second-order valence-corrected chi connectivity index (χ2v) is 7.12. The molecule has 0 saturated carbocycles. The zero-order valence-corrected chi connectivity index (χ0v) is 21.2. The molecule has 0 aliphatic heterocycles. The van der Waals surface area contributed by atoms with Crippen LogP contribution in [0.5, 0.6) is 11.5 Å². The summed E-state index contributed by atoms with van der Waals surface area (Å²) in [6, 6.07) is 14.5. The molecule has 0 saturated heterocycles. The van der Waals surface area contributed by atoms with Gasteiger partial charge in [0.2, 0.25) is 0 Å². The van der Waals surface area contributed by atoms with Gasteiger partial charge in [-0.15, -0.1) is 24.0 Å². The van der Waals surface area contributed by atoms with Crippen LogP contribution < -0.4 is 20.1 Å². The Morgan fingerprint density at radius 3 is 2.53 bits per heavy atom. The first-order valence-electron chi connectivity index (χ1n) is 10.5. The topological polar surface area (TPSA) is 72.7 Å². The summed E-state index contributed by atoms with van der Waals surface area (Å²) in [7, 11) is 3.30. The third kappa shape index (κ3) is 7.74. The standard InChI is InChI=1S/C24H31N5O2.HI/c1-4-26-24(27-11-10-19-8-9-22(30-2)23(15-19)31-3)28-16-20-6-5-7-21(14-20)17-29-13-12-25-18-29;/h5-9,12-15,18H,4,10-11,16-17H2,1-3H3,(H2,26,27,28);1H. The van der Waals surface area contributed by atoms with E-state index in [0.29, 0.717) is 6.54 Å². The molecule has 0 aliphatic rings. The Bertz CT molecular complexity index is 976. The minimum Gasteiger partial charge on any atom is -0.493 e. The van der Waals surface area contributed by atoms with Crippen LogP contribution in [0, 0.1) is 0 Å². The highest BCUT2D eigenvalue weighted by Crippen LogP contribution is 2.27. The van der Waals surface area contributed by atoms with Crippen molar-refractivity contribution < 1.29 is 9.47 Å². The van der Waals surface area contributed by atoms with Crippen molar-refractivity contribution in [1.29, 1.82) is 0 Å². The summed E-state index contributed by atoms with van der Waals surface area (Å²) in [5.74, 6) is 2.29. The van der Waals surface area contributed by atoms with E-state index in [4.69, 9.17) is 14.5 Å². The highest BCUT2D eigenvalue weighted by atomic mass is 127. The van der Waals surface area contributed by atoms with Gasteiger partial charge in [0.05, 0.1) is 27.1 Å². The SMILES string of the molecule is CCNC(=NCc1cccc(Cn2ccnc2)c1)NCCc1ccc(OC)c(OC)c1.I. The first-order valence-corrected chi connectivity index (χ1v) is 10.5. The van der Waals surface area contributed by atoms with Crippen molar-refractivity contribution >= 4 is 29.9 Å². The minimum atomic E-state index is 0. The molecular formula is C24H32IN5O2. The van der Waals surface area contributed by atoms with Crippen molar-refractivity contribution in [3.8, 4) is 11.5 Å². The zero-order valence-electron chi connectivity index (χ0n) is 18.9. The smallest absolute Gasteiger partial charge is 0.191 e. The van der Waals surface area contributed by atoms with Crippen molar-refractivity contribution in [2.24, 2.45) is 4.99 Å². The quantitative estimate of drug-likeness (QED) is 0.228. The zero-order chi connectivity index (χ0) is 21.9. The molecule has 0 unspecified atom stereocenters. The van der Waals surface area contributed by atoms with Gasteiger partial charge < -0.3 is 24.7 Å². The number of imidazole rings is 1. The van der Waals surface area contributed by atoms with E-state index in [1.807, 2.05) is 24.7 Å². The Morgan fingerprint density at radius 1 is 1.00 bits per heavy atom. The van der Waals surface area contributed by atoms with E-state index in [0.717, 1.165) is 43.5 Å². The van der Waals surface area contributed by atoms with Crippen LogP contribution >= 0.6 is 24.0 Å². The number of benzene rings is 2. The third-order valence-electron chi connectivity index (χ3n) is 4.83. The van der Waals surface area contributed by atoms with Crippen molar-refractivity contribution in [3.63, 3.8) is 0 Å². The molecule has 1 aromatic heterocycles. The molecule has 172 valence electrons. The van der Waals surface area contributed by atoms with Gasteiger partial charge in [0.15, 0.2) is 17.5 Å². The van der Waals surface area contributed by atoms with Gasteiger partial charge >= 0.3 is 0 Å². The lowest BCUT2D eigenvalue weighted by atomic mass is 10.1. The largest absolute Gasteiger partial charge is 0.493 e. The fraction of sp³-hybridized carbons (Fsp3) is 0.333. The molecule has 3 aromatic rings. The van der Waals surface area contributed by atoms with Crippen LogP contribution in [0.15, 0.2) is 66.2 Å². The van der Waals surface area contributed by atoms with E-state index < -0.39 is 0 Å². The van der Waals surface area contributed by atoms with E-state index in [2.05, 4.69) is 57.4 Å². The van der Waals surface area contributed by atoms with Crippen molar-refractivity contribution in [2.75, 3.05) is 27.3 Å². The monoisotopic (exact) mass is 549 g/mol. The van der Waals surface area contributed by atoms with Gasteiger partial charge in [-0.3, -0.25) is 0 Å². The van der Waals surface area contributed by atoms with Gasteiger partial charge in [-0.2, -0.15) is 0 Å². The maximum Gasteiger partial charge on any atom is 0.191 e. The number of aliphatic imine (C=N–C) groups is 1. The van der Waals surface area contributed by atoms with Crippen LogP contribution in [0.3, 0.4) is 0 Å². The van der Waals surface area contributed by atoms with E-state index >= 15 is 0 Å². The average molecular weight is 549 g/mol. The molecule has 0 amide bonds. The summed E-state index contributed by atoms with van der Waals surface area (Å²) in [6.45, 7) is 5.06. The number of nitrogens with one attached hydrogen (secondary N) is 2. The first kappa shape index (κ1) is 25.5. The van der Waals surface area contributed by atoms with E-state index in [1.54, 1.807) is 20.4 Å². The lowest BCUT2D eigenvalue weighted by molar-refractivity contribution is 0.354. The molecule has 0 spiro atoms. The second-order valence-electron chi connectivity index (χ2n) is 7.12. The molecule has 32 heavy (non-hydrogen) atoms. The molecule has 0 bridgehead atoms.